The maximum absolute atomic E-state index is 10.1. The molecule has 88 valence electrons. The van der Waals surface area contributed by atoms with Gasteiger partial charge in [-0.2, -0.15) is 0 Å². The first-order valence-electron chi connectivity index (χ1n) is 6.57. The predicted molar refractivity (Wildman–Crippen MR) is 60.7 cm³/mol. The minimum Gasteiger partial charge on any atom is -0.393 e. The lowest BCUT2D eigenvalue weighted by atomic mass is 9.89. The van der Waals surface area contributed by atoms with Crippen LogP contribution in [0.5, 0.6) is 0 Å². The van der Waals surface area contributed by atoms with Crippen LogP contribution in [0.3, 0.4) is 0 Å². The van der Waals surface area contributed by atoms with Gasteiger partial charge in [-0.1, -0.05) is 19.8 Å². The summed E-state index contributed by atoms with van der Waals surface area (Å²) in [5, 5.41) is 10.1. The average Bonchev–Trinajstić information content (AvgIpc) is 2.84. The summed E-state index contributed by atoms with van der Waals surface area (Å²) in [7, 11) is 0. The van der Waals surface area contributed by atoms with Crippen LogP contribution in [0.2, 0.25) is 0 Å². The molecule has 2 aliphatic rings. The van der Waals surface area contributed by atoms with Crippen LogP contribution in [-0.4, -0.2) is 23.9 Å². The van der Waals surface area contributed by atoms with E-state index >= 15 is 0 Å². The maximum Gasteiger partial charge on any atom is 0.0577 e. The quantitative estimate of drug-likeness (QED) is 0.776. The summed E-state index contributed by atoms with van der Waals surface area (Å²) in [5.41, 5.74) is 0. The number of ether oxygens (including phenoxy) is 1. The van der Waals surface area contributed by atoms with Gasteiger partial charge >= 0.3 is 0 Å². The zero-order chi connectivity index (χ0) is 10.7. The van der Waals surface area contributed by atoms with Crippen LogP contribution in [-0.2, 0) is 4.74 Å². The van der Waals surface area contributed by atoms with Gasteiger partial charge in [0, 0.05) is 6.61 Å². The van der Waals surface area contributed by atoms with E-state index in [1.807, 2.05) is 0 Å². The van der Waals surface area contributed by atoms with Crippen LogP contribution in [0.1, 0.15) is 51.9 Å². The van der Waals surface area contributed by atoms with Gasteiger partial charge < -0.3 is 9.84 Å². The number of hydrogen-bond acceptors (Lipinski definition) is 2. The van der Waals surface area contributed by atoms with Gasteiger partial charge in [0.25, 0.3) is 0 Å². The van der Waals surface area contributed by atoms with Crippen molar-refractivity contribution >= 4 is 0 Å². The van der Waals surface area contributed by atoms with Crippen LogP contribution in [0.15, 0.2) is 0 Å². The largest absolute Gasteiger partial charge is 0.393 e. The van der Waals surface area contributed by atoms with E-state index in [2.05, 4.69) is 6.92 Å². The molecule has 4 atom stereocenters. The van der Waals surface area contributed by atoms with Crippen molar-refractivity contribution in [3.05, 3.63) is 0 Å². The van der Waals surface area contributed by atoms with Crippen molar-refractivity contribution in [3.8, 4) is 0 Å². The Balaban J connectivity index is 1.69. The van der Waals surface area contributed by atoms with Gasteiger partial charge in [-0.15, -0.1) is 0 Å². The van der Waals surface area contributed by atoms with E-state index in [1.54, 1.807) is 0 Å². The van der Waals surface area contributed by atoms with E-state index in [0.29, 0.717) is 12.0 Å². The van der Waals surface area contributed by atoms with E-state index in [4.69, 9.17) is 4.74 Å². The third kappa shape index (κ3) is 2.94. The molecule has 1 heterocycles. The second kappa shape index (κ2) is 5.31. The van der Waals surface area contributed by atoms with Crippen LogP contribution in [0.4, 0.5) is 0 Å². The van der Waals surface area contributed by atoms with Gasteiger partial charge in [-0.3, -0.25) is 0 Å². The number of rotatable bonds is 4. The Morgan fingerprint density at radius 3 is 2.73 bits per heavy atom. The molecule has 4 unspecified atom stereocenters. The Hall–Kier alpha value is -0.0800. The minimum atomic E-state index is -0.0771. The van der Waals surface area contributed by atoms with Crippen molar-refractivity contribution in [2.75, 3.05) is 6.61 Å². The number of aliphatic hydroxyl groups excluding tert-OH is 1. The Bertz CT molecular complexity index is 187. The molecule has 1 aliphatic heterocycles. The second-order valence-electron chi connectivity index (χ2n) is 5.35. The van der Waals surface area contributed by atoms with Crippen molar-refractivity contribution in [2.45, 2.75) is 64.1 Å². The highest BCUT2D eigenvalue weighted by molar-refractivity contribution is 4.81. The monoisotopic (exact) mass is 212 g/mol. The first kappa shape index (κ1) is 11.4. The molecule has 15 heavy (non-hydrogen) atoms. The molecule has 0 spiro atoms. The molecule has 1 aliphatic carbocycles. The van der Waals surface area contributed by atoms with Gasteiger partial charge in [0.1, 0.15) is 0 Å². The summed E-state index contributed by atoms with van der Waals surface area (Å²) in [5.74, 6) is 1.29. The molecule has 1 saturated heterocycles. The van der Waals surface area contributed by atoms with Gasteiger partial charge in [-0.25, -0.2) is 0 Å². The fraction of sp³-hybridized carbons (Fsp3) is 1.00. The standard InChI is InChI=1S/C13H24O2/c1-10-4-2-6-12(10)13(14)8-7-11-5-3-9-15-11/h10-14H,2-9H2,1H3. The summed E-state index contributed by atoms with van der Waals surface area (Å²) < 4.78 is 5.58. The summed E-state index contributed by atoms with van der Waals surface area (Å²) >= 11 is 0. The van der Waals surface area contributed by atoms with Crippen molar-refractivity contribution in [2.24, 2.45) is 11.8 Å². The van der Waals surface area contributed by atoms with E-state index in [-0.39, 0.29) is 6.10 Å². The number of hydrogen-bond donors (Lipinski definition) is 1. The summed E-state index contributed by atoms with van der Waals surface area (Å²) in [6.45, 7) is 3.22. The Kier molecular flexibility index (Phi) is 4.04. The average molecular weight is 212 g/mol. The van der Waals surface area contributed by atoms with Crippen molar-refractivity contribution in [1.82, 2.24) is 0 Å². The minimum absolute atomic E-state index is 0.0771. The van der Waals surface area contributed by atoms with Crippen LogP contribution < -0.4 is 0 Å². The second-order valence-corrected chi connectivity index (χ2v) is 5.35. The molecule has 1 N–H and O–H groups in total. The van der Waals surface area contributed by atoms with Gasteiger partial charge in [-0.05, 0) is 43.9 Å². The van der Waals surface area contributed by atoms with Crippen molar-refractivity contribution in [3.63, 3.8) is 0 Å². The molecule has 1 saturated carbocycles. The predicted octanol–water partition coefficient (Wildman–Crippen LogP) is 2.74. The normalized spacial score (nSPS) is 38.4. The highest BCUT2D eigenvalue weighted by Gasteiger charge is 2.30. The molecule has 0 aromatic rings. The first-order chi connectivity index (χ1) is 7.27. The molecule has 0 aromatic heterocycles. The Morgan fingerprint density at radius 1 is 1.27 bits per heavy atom. The molecule has 0 radical (unpaired) electrons. The van der Waals surface area contributed by atoms with Crippen molar-refractivity contribution in [1.29, 1.82) is 0 Å². The Morgan fingerprint density at radius 2 is 2.13 bits per heavy atom. The SMILES string of the molecule is CC1CCCC1C(O)CCC1CCCO1. The van der Waals surface area contributed by atoms with E-state index in [9.17, 15) is 5.11 Å². The topological polar surface area (TPSA) is 29.5 Å². The van der Waals surface area contributed by atoms with E-state index in [1.165, 1.54) is 32.1 Å². The fourth-order valence-electron chi connectivity index (χ4n) is 3.19. The highest BCUT2D eigenvalue weighted by atomic mass is 16.5. The Labute approximate surface area is 93.0 Å². The lowest BCUT2D eigenvalue weighted by Gasteiger charge is -2.23. The molecule has 2 heteroatoms. The van der Waals surface area contributed by atoms with Crippen LogP contribution in [0, 0.1) is 11.8 Å². The summed E-state index contributed by atoms with van der Waals surface area (Å²) in [4.78, 5) is 0. The van der Waals surface area contributed by atoms with Crippen LogP contribution in [0.25, 0.3) is 0 Å². The lowest BCUT2D eigenvalue weighted by Crippen LogP contribution is -2.24. The lowest BCUT2D eigenvalue weighted by molar-refractivity contribution is 0.0500. The first-order valence-corrected chi connectivity index (χ1v) is 6.57. The molecule has 0 amide bonds. The molecule has 2 fully saturated rings. The smallest absolute Gasteiger partial charge is 0.0577 e. The zero-order valence-corrected chi connectivity index (χ0v) is 9.82. The van der Waals surface area contributed by atoms with Gasteiger partial charge in [0.15, 0.2) is 0 Å². The fourth-order valence-corrected chi connectivity index (χ4v) is 3.19. The molecule has 0 bridgehead atoms. The maximum atomic E-state index is 10.1. The third-order valence-electron chi connectivity index (χ3n) is 4.23. The zero-order valence-electron chi connectivity index (χ0n) is 9.82. The van der Waals surface area contributed by atoms with Gasteiger partial charge in [0.05, 0.1) is 12.2 Å². The summed E-state index contributed by atoms with van der Waals surface area (Å²) in [6, 6.07) is 0. The van der Waals surface area contributed by atoms with Crippen molar-refractivity contribution < 1.29 is 9.84 Å². The van der Waals surface area contributed by atoms with Crippen LogP contribution >= 0.6 is 0 Å². The molecule has 2 rings (SSSR count). The molecular weight excluding hydrogens is 188 g/mol. The van der Waals surface area contributed by atoms with E-state index < -0.39 is 0 Å². The third-order valence-corrected chi connectivity index (χ3v) is 4.23. The highest BCUT2D eigenvalue weighted by Crippen LogP contribution is 2.35. The molecule has 2 nitrogen and oxygen atoms in total. The van der Waals surface area contributed by atoms with Gasteiger partial charge in [0.2, 0.25) is 0 Å². The summed E-state index contributed by atoms with van der Waals surface area (Å²) in [6.07, 6.45) is 8.62. The number of aliphatic hydroxyl groups is 1. The molecular formula is C13H24O2. The van der Waals surface area contributed by atoms with E-state index in [0.717, 1.165) is 25.4 Å². The molecule has 0 aromatic carbocycles.